The third-order valence-corrected chi connectivity index (χ3v) is 5.98. The zero-order chi connectivity index (χ0) is 13.9. The predicted molar refractivity (Wildman–Crippen MR) is 86.1 cm³/mol. The number of carbonyl (C=O) groups excluding carboxylic acids is 1. The van der Waals surface area contributed by atoms with E-state index in [-0.39, 0.29) is 5.91 Å². The zero-order valence-electron chi connectivity index (χ0n) is 11.5. The highest BCUT2D eigenvalue weighted by atomic mass is 79.9. The van der Waals surface area contributed by atoms with Gasteiger partial charge in [0.1, 0.15) is 0 Å². The van der Waals surface area contributed by atoms with E-state index in [0.29, 0.717) is 24.5 Å². The Labute approximate surface area is 132 Å². The van der Waals surface area contributed by atoms with E-state index in [9.17, 15) is 4.79 Å². The first-order valence-electron chi connectivity index (χ1n) is 7.48. The Balaban J connectivity index is 1.37. The van der Waals surface area contributed by atoms with Gasteiger partial charge >= 0.3 is 0 Å². The summed E-state index contributed by atoms with van der Waals surface area (Å²) in [5.74, 6) is 0.229. The number of fused-ring (bicyclic) bond motifs is 2. The van der Waals surface area contributed by atoms with E-state index in [2.05, 4.69) is 38.7 Å². The van der Waals surface area contributed by atoms with Gasteiger partial charge in [-0.15, -0.1) is 11.3 Å². The van der Waals surface area contributed by atoms with Gasteiger partial charge in [-0.2, -0.15) is 0 Å². The molecule has 1 amide bonds. The molecule has 2 aliphatic heterocycles. The van der Waals surface area contributed by atoms with E-state index in [0.717, 1.165) is 25.7 Å². The first-order chi connectivity index (χ1) is 9.69. The molecule has 2 aliphatic rings. The lowest BCUT2D eigenvalue weighted by molar-refractivity contribution is -0.122. The SMILES string of the molecule is O=C(CCCc1ccc(Br)s1)NC1CC2CCC(C1)N2. The van der Waals surface area contributed by atoms with Crippen molar-refractivity contribution >= 4 is 33.2 Å². The molecule has 3 heterocycles. The maximum atomic E-state index is 12.0. The van der Waals surface area contributed by atoms with Gasteiger partial charge in [-0.3, -0.25) is 4.79 Å². The van der Waals surface area contributed by atoms with Gasteiger partial charge < -0.3 is 10.6 Å². The topological polar surface area (TPSA) is 41.1 Å². The van der Waals surface area contributed by atoms with Crippen LogP contribution in [0.25, 0.3) is 0 Å². The summed E-state index contributed by atoms with van der Waals surface area (Å²) in [6, 6.07) is 5.89. The molecule has 0 saturated carbocycles. The summed E-state index contributed by atoms with van der Waals surface area (Å²) < 4.78 is 1.17. The van der Waals surface area contributed by atoms with Gasteiger partial charge in [-0.25, -0.2) is 0 Å². The van der Waals surface area contributed by atoms with Crippen molar-refractivity contribution in [3.05, 3.63) is 20.8 Å². The molecule has 2 saturated heterocycles. The standard InChI is InChI=1S/C15H21BrN2OS/c16-14-7-6-13(20-14)2-1-3-15(19)18-12-8-10-4-5-11(9-12)17-10/h6-7,10-12,17H,1-5,8-9H2,(H,18,19). The molecule has 0 aromatic carbocycles. The van der Waals surface area contributed by atoms with Gasteiger partial charge in [0.2, 0.25) is 5.91 Å². The van der Waals surface area contributed by atoms with Gasteiger partial charge in [0.25, 0.3) is 0 Å². The van der Waals surface area contributed by atoms with Crippen molar-refractivity contribution in [1.82, 2.24) is 10.6 Å². The molecule has 2 N–H and O–H groups in total. The molecule has 2 atom stereocenters. The second-order valence-electron chi connectivity index (χ2n) is 5.93. The lowest BCUT2D eigenvalue weighted by Crippen LogP contribution is -2.48. The fourth-order valence-corrected chi connectivity index (χ4v) is 4.91. The predicted octanol–water partition coefficient (Wildman–Crippen LogP) is 3.23. The van der Waals surface area contributed by atoms with Gasteiger partial charge in [0.05, 0.1) is 3.79 Å². The van der Waals surface area contributed by atoms with Gasteiger partial charge in [0.15, 0.2) is 0 Å². The van der Waals surface area contributed by atoms with Crippen molar-refractivity contribution in [3.63, 3.8) is 0 Å². The van der Waals surface area contributed by atoms with E-state index < -0.39 is 0 Å². The molecular weight excluding hydrogens is 336 g/mol. The van der Waals surface area contributed by atoms with E-state index in [1.807, 2.05) is 0 Å². The lowest BCUT2D eigenvalue weighted by atomic mass is 9.99. The number of hydrogen-bond donors (Lipinski definition) is 2. The van der Waals surface area contributed by atoms with Crippen molar-refractivity contribution in [2.75, 3.05) is 0 Å². The molecule has 1 aromatic heterocycles. The minimum Gasteiger partial charge on any atom is -0.353 e. The van der Waals surface area contributed by atoms with Crippen molar-refractivity contribution < 1.29 is 4.79 Å². The molecule has 0 spiro atoms. The summed E-state index contributed by atoms with van der Waals surface area (Å²) in [5.41, 5.74) is 0. The maximum absolute atomic E-state index is 12.0. The highest BCUT2D eigenvalue weighted by Crippen LogP contribution is 2.27. The fraction of sp³-hybridized carbons (Fsp3) is 0.667. The van der Waals surface area contributed by atoms with Crippen LogP contribution >= 0.6 is 27.3 Å². The monoisotopic (exact) mass is 356 g/mol. The number of hydrogen-bond acceptors (Lipinski definition) is 3. The molecule has 0 aliphatic carbocycles. The van der Waals surface area contributed by atoms with E-state index in [1.165, 1.54) is 21.5 Å². The van der Waals surface area contributed by atoms with Crippen molar-refractivity contribution in [3.8, 4) is 0 Å². The Kier molecular flexibility index (Phi) is 4.79. The van der Waals surface area contributed by atoms with Crippen LogP contribution in [0.1, 0.15) is 43.4 Å². The molecule has 1 aromatic rings. The first-order valence-corrected chi connectivity index (χ1v) is 9.09. The smallest absolute Gasteiger partial charge is 0.220 e. The molecular formula is C15H21BrN2OS. The van der Waals surface area contributed by atoms with Crippen molar-refractivity contribution in [1.29, 1.82) is 0 Å². The number of halogens is 1. The molecule has 20 heavy (non-hydrogen) atoms. The maximum Gasteiger partial charge on any atom is 0.220 e. The highest BCUT2D eigenvalue weighted by molar-refractivity contribution is 9.11. The fourth-order valence-electron chi connectivity index (χ4n) is 3.38. The number of carbonyl (C=O) groups is 1. The van der Waals surface area contributed by atoms with Crippen LogP contribution in [-0.4, -0.2) is 24.0 Å². The second-order valence-corrected chi connectivity index (χ2v) is 8.48. The molecule has 2 fully saturated rings. The van der Waals surface area contributed by atoms with Crippen LogP contribution in [0.5, 0.6) is 0 Å². The van der Waals surface area contributed by atoms with Gasteiger partial charge in [-0.1, -0.05) is 0 Å². The second kappa shape index (κ2) is 6.58. The molecule has 3 rings (SSSR count). The Hall–Kier alpha value is -0.390. The van der Waals surface area contributed by atoms with Crippen molar-refractivity contribution in [2.24, 2.45) is 0 Å². The minimum absolute atomic E-state index is 0.229. The summed E-state index contributed by atoms with van der Waals surface area (Å²) in [6.45, 7) is 0. The third kappa shape index (κ3) is 3.83. The van der Waals surface area contributed by atoms with E-state index in [4.69, 9.17) is 0 Å². The number of aryl methyl sites for hydroxylation is 1. The van der Waals surface area contributed by atoms with Crippen molar-refractivity contribution in [2.45, 2.75) is 63.1 Å². The zero-order valence-corrected chi connectivity index (χ0v) is 13.9. The molecule has 0 radical (unpaired) electrons. The quantitative estimate of drug-likeness (QED) is 0.850. The Bertz CT molecular complexity index is 464. The van der Waals surface area contributed by atoms with E-state index >= 15 is 0 Å². The summed E-state index contributed by atoms with van der Waals surface area (Å²) in [5, 5.41) is 6.83. The van der Waals surface area contributed by atoms with Crippen LogP contribution in [0, 0.1) is 0 Å². The van der Waals surface area contributed by atoms with Gasteiger partial charge in [0, 0.05) is 29.4 Å². The minimum atomic E-state index is 0.229. The largest absolute Gasteiger partial charge is 0.353 e. The van der Waals surface area contributed by atoms with Crippen LogP contribution in [0.15, 0.2) is 15.9 Å². The van der Waals surface area contributed by atoms with E-state index in [1.54, 1.807) is 11.3 Å². The number of nitrogens with one attached hydrogen (secondary N) is 2. The number of thiophene rings is 1. The van der Waals surface area contributed by atoms with Crippen LogP contribution in [0.4, 0.5) is 0 Å². The number of amides is 1. The van der Waals surface area contributed by atoms with Gasteiger partial charge in [-0.05, 0) is 66.6 Å². The normalized spacial score (nSPS) is 28.6. The Morgan fingerprint density at radius 2 is 2.10 bits per heavy atom. The first kappa shape index (κ1) is 14.5. The van der Waals surface area contributed by atoms with Crippen LogP contribution in [0.2, 0.25) is 0 Å². The van der Waals surface area contributed by atoms with Crippen LogP contribution < -0.4 is 10.6 Å². The molecule has 2 unspecified atom stereocenters. The molecule has 5 heteroatoms. The average Bonchev–Trinajstić information content (AvgIpc) is 2.96. The molecule has 2 bridgehead atoms. The highest BCUT2D eigenvalue weighted by Gasteiger charge is 2.33. The van der Waals surface area contributed by atoms with Crippen LogP contribution in [-0.2, 0) is 11.2 Å². The summed E-state index contributed by atoms with van der Waals surface area (Å²) in [6.07, 6.45) is 7.38. The molecule has 110 valence electrons. The Morgan fingerprint density at radius 3 is 2.75 bits per heavy atom. The number of rotatable bonds is 5. The summed E-state index contributed by atoms with van der Waals surface area (Å²) in [7, 11) is 0. The third-order valence-electron chi connectivity index (χ3n) is 4.29. The lowest BCUT2D eigenvalue weighted by Gasteiger charge is -2.29. The molecule has 3 nitrogen and oxygen atoms in total. The average molecular weight is 357 g/mol. The summed E-state index contributed by atoms with van der Waals surface area (Å²) in [4.78, 5) is 13.4. The summed E-state index contributed by atoms with van der Waals surface area (Å²) >= 11 is 5.23. The Morgan fingerprint density at radius 1 is 1.35 bits per heavy atom. The number of piperidine rings is 1. The van der Waals surface area contributed by atoms with Crippen LogP contribution in [0.3, 0.4) is 0 Å².